The summed E-state index contributed by atoms with van der Waals surface area (Å²) in [6.07, 6.45) is 6.87. The summed E-state index contributed by atoms with van der Waals surface area (Å²) in [6.45, 7) is 1.11. The molecule has 1 fully saturated rings. The van der Waals surface area contributed by atoms with E-state index >= 15 is 0 Å². The van der Waals surface area contributed by atoms with Crippen molar-refractivity contribution in [3.63, 3.8) is 0 Å². The van der Waals surface area contributed by atoms with E-state index in [0.717, 1.165) is 4.88 Å². The van der Waals surface area contributed by atoms with Gasteiger partial charge in [-0.2, -0.15) is 5.26 Å². The molecule has 3 heterocycles. The van der Waals surface area contributed by atoms with Crippen LogP contribution in [-0.4, -0.2) is 40.0 Å². The van der Waals surface area contributed by atoms with Crippen molar-refractivity contribution in [1.29, 1.82) is 5.26 Å². The molecule has 0 unspecified atom stereocenters. The first-order chi connectivity index (χ1) is 11.3. The Kier molecular flexibility index (Phi) is 4.64. The predicted octanol–water partition coefficient (Wildman–Crippen LogP) is 2.10. The third-order valence-electron chi connectivity index (χ3n) is 3.44. The van der Waals surface area contributed by atoms with Gasteiger partial charge in [-0.15, -0.1) is 11.3 Å². The zero-order chi connectivity index (χ0) is 16.1. The number of rotatable bonds is 4. The molecule has 0 saturated carbocycles. The number of carbonyl (C=O) groups excluding carboxylic acids is 1. The summed E-state index contributed by atoms with van der Waals surface area (Å²) in [4.78, 5) is 22.9. The molecule has 2 aromatic heterocycles. The van der Waals surface area contributed by atoms with E-state index in [-0.39, 0.29) is 23.6 Å². The number of nitriles is 1. The van der Waals surface area contributed by atoms with Crippen molar-refractivity contribution < 1.29 is 9.53 Å². The van der Waals surface area contributed by atoms with E-state index in [2.05, 4.69) is 9.97 Å². The highest BCUT2D eigenvalue weighted by molar-refractivity contribution is 7.10. The summed E-state index contributed by atoms with van der Waals surface area (Å²) in [7, 11) is 0. The van der Waals surface area contributed by atoms with E-state index in [0.29, 0.717) is 19.5 Å². The Morgan fingerprint density at radius 3 is 3.13 bits per heavy atom. The first-order valence-electron chi connectivity index (χ1n) is 7.14. The van der Waals surface area contributed by atoms with Crippen molar-refractivity contribution in [2.45, 2.75) is 12.5 Å². The molecular formula is C16H14N4O2S. The van der Waals surface area contributed by atoms with Crippen LogP contribution in [0.25, 0.3) is 6.08 Å². The van der Waals surface area contributed by atoms with Crippen molar-refractivity contribution in [3.05, 3.63) is 46.6 Å². The largest absolute Gasteiger partial charge is 0.470 e. The van der Waals surface area contributed by atoms with Gasteiger partial charge in [0.05, 0.1) is 6.54 Å². The highest BCUT2D eigenvalue weighted by Gasteiger charge is 2.27. The van der Waals surface area contributed by atoms with Crippen LogP contribution in [-0.2, 0) is 4.79 Å². The van der Waals surface area contributed by atoms with Gasteiger partial charge >= 0.3 is 0 Å². The lowest BCUT2D eigenvalue weighted by molar-refractivity contribution is -0.125. The highest BCUT2D eigenvalue weighted by atomic mass is 32.1. The average Bonchev–Trinajstić information content (AvgIpc) is 3.25. The van der Waals surface area contributed by atoms with E-state index in [1.54, 1.807) is 22.3 Å². The molecule has 1 aliphatic rings. The Morgan fingerprint density at radius 1 is 1.48 bits per heavy atom. The van der Waals surface area contributed by atoms with Crippen LogP contribution in [0.5, 0.6) is 5.88 Å². The summed E-state index contributed by atoms with van der Waals surface area (Å²) in [5.41, 5.74) is 0.162. The summed E-state index contributed by atoms with van der Waals surface area (Å²) in [6, 6.07) is 5.86. The number of thiophene rings is 1. The van der Waals surface area contributed by atoms with Crippen LogP contribution < -0.4 is 4.74 Å². The lowest BCUT2D eigenvalue weighted by atomic mass is 10.3. The molecule has 1 saturated heterocycles. The minimum atomic E-state index is -0.169. The zero-order valence-corrected chi connectivity index (χ0v) is 13.1. The van der Waals surface area contributed by atoms with Crippen LogP contribution in [0, 0.1) is 11.3 Å². The Balaban J connectivity index is 1.58. The van der Waals surface area contributed by atoms with Crippen LogP contribution in [0.3, 0.4) is 0 Å². The van der Waals surface area contributed by atoms with Crippen molar-refractivity contribution in [2.75, 3.05) is 13.1 Å². The maximum atomic E-state index is 12.2. The molecule has 2 aromatic rings. The summed E-state index contributed by atoms with van der Waals surface area (Å²) in [5.74, 6) is 0.188. The first-order valence-corrected chi connectivity index (χ1v) is 8.02. The molecule has 6 nitrogen and oxygen atoms in total. The Hall–Kier alpha value is -2.72. The average molecular weight is 326 g/mol. The lowest BCUT2D eigenvalue weighted by Crippen LogP contribution is -2.29. The second kappa shape index (κ2) is 7.03. The minimum Gasteiger partial charge on any atom is -0.470 e. The van der Waals surface area contributed by atoms with Gasteiger partial charge in [0, 0.05) is 36.3 Å². The number of aromatic nitrogens is 2. The number of hydrogen-bond donors (Lipinski definition) is 0. The van der Waals surface area contributed by atoms with E-state index < -0.39 is 0 Å². The van der Waals surface area contributed by atoms with Gasteiger partial charge in [-0.05, 0) is 17.5 Å². The molecule has 0 N–H and O–H groups in total. The van der Waals surface area contributed by atoms with E-state index in [4.69, 9.17) is 10.00 Å². The molecule has 0 bridgehead atoms. The Labute approximate surface area is 137 Å². The van der Waals surface area contributed by atoms with Crippen LogP contribution in [0.2, 0.25) is 0 Å². The van der Waals surface area contributed by atoms with Crippen molar-refractivity contribution in [2.24, 2.45) is 0 Å². The number of ether oxygens (including phenoxy) is 1. The zero-order valence-electron chi connectivity index (χ0n) is 12.3. The smallest absolute Gasteiger partial charge is 0.251 e. The number of carbonyl (C=O) groups is 1. The van der Waals surface area contributed by atoms with Gasteiger partial charge in [0.15, 0.2) is 0 Å². The molecule has 0 radical (unpaired) electrons. The standard InChI is InChI=1S/C16H14N4O2S/c17-10-14-16(19-7-6-18-14)22-12-5-8-20(11-12)15(21)4-3-13-2-1-9-23-13/h1-4,6-7,9,12H,5,8,11H2/b4-3+/t12-/m1/s1. The monoisotopic (exact) mass is 326 g/mol. The van der Waals surface area contributed by atoms with Gasteiger partial charge < -0.3 is 9.64 Å². The molecule has 1 amide bonds. The molecule has 7 heteroatoms. The molecule has 23 heavy (non-hydrogen) atoms. The predicted molar refractivity (Wildman–Crippen MR) is 85.7 cm³/mol. The SMILES string of the molecule is N#Cc1nccnc1O[C@@H]1CCN(C(=O)/C=C/c2cccs2)C1. The molecule has 1 atom stereocenters. The second-order valence-corrected chi connectivity index (χ2v) is 5.96. The van der Waals surface area contributed by atoms with Gasteiger partial charge in [-0.3, -0.25) is 4.79 Å². The molecule has 3 rings (SSSR count). The van der Waals surface area contributed by atoms with Crippen molar-refractivity contribution in [3.8, 4) is 11.9 Å². The number of likely N-dealkylation sites (tertiary alicyclic amines) is 1. The van der Waals surface area contributed by atoms with E-state index in [1.807, 2.05) is 29.7 Å². The molecule has 0 spiro atoms. The van der Waals surface area contributed by atoms with Gasteiger partial charge in [0.25, 0.3) is 5.88 Å². The Bertz CT molecular complexity index is 752. The van der Waals surface area contributed by atoms with Crippen LogP contribution in [0.15, 0.2) is 36.0 Å². The van der Waals surface area contributed by atoms with Crippen LogP contribution in [0.1, 0.15) is 17.0 Å². The lowest BCUT2D eigenvalue weighted by Gasteiger charge is -2.15. The molecule has 1 aliphatic heterocycles. The Morgan fingerprint density at radius 2 is 2.35 bits per heavy atom. The van der Waals surface area contributed by atoms with Gasteiger partial charge in [-0.1, -0.05) is 6.07 Å². The summed E-state index contributed by atoms with van der Waals surface area (Å²) < 4.78 is 5.72. The molecule has 0 aromatic carbocycles. The fourth-order valence-electron chi connectivity index (χ4n) is 2.32. The maximum Gasteiger partial charge on any atom is 0.251 e. The first kappa shape index (κ1) is 15.2. The molecule has 0 aliphatic carbocycles. The quantitative estimate of drug-likeness (QED) is 0.804. The number of nitrogens with zero attached hydrogens (tertiary/aromatic N) is 4. The number of amides is 1. The minimum absolute atomic E-state index is 0.0378. The molecular weight excluding hydrogens is 312 g/mol. The normalized spacial score (nSPS) is 17.3. The molecule has 116 valence electrons. The van der Waals surface area contributed by atoms with Crippen molar-refractivity contribution in [1.82, 2.24) is 14.9 Å². The van der Waals surface area contributed by atoms with E-state index in [1.165, 1.54) is 12.4 Å². The highest BCUT2D eigenvalue weighted by Crippen LogP contribution is 2.19. The fraction of sp³-hybridized carbons (Fsp3) is 0.250. The summed E-state index contributed by atoms with van der Waals surface area (Å²) in [5, 5.41) is 11.0. The third-order valence-corrected chi connectivity index (χ3v) is 4.28. The van der Waals surface area contributed by atoms with Gasteiger partial charge in [-0.25, -0.2) is 9.97 Å². The maximum absolute atomic E-state index is 12.2. The summed E-state index contributed by atoms with van der Waals surface area (Å²) >= 11 is 1.59. The van der Waals surface area contributed by atoms with Gasteiger partial charge in [0.2, 0.25) is 11.6 Å². The van der Waals surface area contributed by atoms with Crippen LogP contribution >= 0.6 is 11.3 Å². The van der Waals surface area contributed by atoms with Gasteiger partial charge in [0.1, 0.15) is 12.2 Å². The van der Waals surface area contributed by atoms with Crippen molar-refractivity contribution >= 4 is 23.3 Å². The van der Waals surface area contributed by atoms with Crippen LogP contribution in [0.4, 0.5) is 0 Å². The van der Waals surface area contributed by atoms with E-state index in [9.17, 15) is 4.79 Å². The second-order valence-electron chi connectivity index (χ2n) is 4.98. The topological polar surface area (TPSA) is 79.1 Å². The third kappa shape index (κ3) is 3.73. The fourth-order valence-corrected chi connectivity index (χ4v) is 2.93. The number of hydrogen-bond acceptors (Lipinski definition) is 6.